The summed E-state index contributed by atoms with van der Waals surface area (Å²) in [5.41, 5.74) is 0. The van der Waals surface area contributed by atoms with Crippen molar-refractivity contribution in [3.05, 3.63) is 0 Å². The molecule has 0 fully saturated rings. The molecule has 0 amide bonds. The van der Waals surface area contributed by atoms with Crippen molar-refractivity contribution in [2.24, 2.45) is 0 Å². The van der Waals surface area contributed by atoms with Crippen molar-refractivity contribution in [3.63, 3.8) is 0 Å². The summed E-state index contributed by atoms with van der Waals surface area (Å²) in [6, 6.07) is 0. The molecule has 8 heavy (non-hydrogen) atoms. The minimum atomic E-state index is -4.67. The molecule has 0 aliphatic carbocycles. The molecule has 0 saturated heterocycles. The Kier molecular flexibility index (Phi) is 7.59. The summed E-state index contributed by atoms with van der Waals surface area (Å²) in [7, 11) is -4.67. The van der Waals surface area contributed by atoms with E-state index in [0.717, 1.165) is 0 Å². The third-order valence-electron chi connectivity index (χ3n) is 0. The molecule has 0 aliphatic rings. The zero-order chi connectivity index (χ0) is 7.21. The van der Waals surface area contributed by atoms with Crippen LogP contribution in [0.15, 0.2) is 0 Å². The third-order valence-corrected chi connectivity index (χ3v) is 0. The summed E-state index contributed by atoms with van der Waals surface area (Å²) in [6.07, 6.45) is 0. The Morgan fingerprint density at radius 3 is 1.12 bits per heavy atom. The van der Waals surface area contributed by atoms with Gasteiger partial charge in [-0.05, 0) is 0 Å². The van der Waals surface area contributed by atoms with Crippen LogP contribution in [0.4, 0.5) is 0 Å². The van der Waals surface area contributed by atoms with Crippen LogP contribution in [0.2, 0.25) is 0 Å². The summed E-state index contributed by atoms with van der Waals surface area (Å²) in [6.45, 7) is 0. The van der Waals surface area contributed by atoms with Crippen molar-refractivity contribution in [2.45, 2.75) is 0 Å². The van der Waals surface area contributed by atoms with Gasteiger partial charge in [-0.2, -0.15) is 8.42 Å². The Labute approximate surface area is 52.5 Å². The van der Waals surface area contributed by atoms with Crippen LogP contribution in [-0.4, -0.2) is 25.9 Å². The van der Waals surface area contributed by atoms with E-state index < -0.39 is 10.4 Å². The van der Waals surface area contributed by atoms with Gasteiger partial charge in [0.25, 0.3) is 0 Å². The predicted molar refractivity (Wildman–Crippen MR) is 18.6 cm³/mol. The van der Waals surface area contributed by atoms with Crippen LogP contribution in [-0.2, 0) is 26.0 Å². The molecule has 4 N–H and O–H groups in total. The van der Waals surface area contributed by atoms with Gasteiger partial charge in [0, 0.05) is 0 Å². The minimum absolute atomic E-state index is 0.188. The summed E-state index contributed by atoms with van der Waals surface area (Å²) in [5.74, 6) is 0. The molecule has 0 spiro atoms. The fourth-order valence-electron chi connectivity index (χ4n) is 0. The van der Waals surface area contributed by atoms with Crippen molar-refractivity contribution in [1.29, 1.82) is 0 Å². The van der Waals surface area contributed by atoms with Gasteiger partial charge in [0.15, 0.2) is 0 Å². The summed E-state index contributed by atoms with van der Waals surface area (Å²) >= 11 is -0.188. The average molecular weight is 196 g/mol. The second kappa shape index (κ2) is 5.45. The molecule has 0 aliphatic heterocycles. The third kappa shape index (κ3) is 1860. The molecule has 57 valence electrons. The van der Waals surface area contributed by atoms with E-state index >= 15 is 0 Å². The molecule has 0 unspecified atom stereocenters. The molecule has 0 rings (SSSR count). The Balaban J connectivity index is 0. The van der Waals surface area contributed by atoms with Gasteiger partial charge in [-0.3, -0.25) is 9.11 Å². The first kappa shape index (κ1) is 11.2. The Morgan fingerprint density at radius 2 is 1.12 bits per heavy atom. The van der Waals surface area contributed by atoms with Gasteiger partial charge in [-0.15, -0.1) is 0 Å². The van der Waals surface area contributed by atoms with Gasteiger partial charge in [0.05, 0.1) is 0 Å². The van der Waals surface area contributed by atoms with Gasteiger partial charge in [-0.25, -0.2) is 0 Å². The van der Waals surface area contributed by atoms with Crippen LogP contribution in [0.5, 0.6) is 0 Å². The first-order valence-electron chi connectivity index (χ1n) is 0.968. The molecule has 0 atom stereocenters. The van der Waals surface area contributed by atoms with E-state index in [-0.39, 0.29) is 15.6 Å². The van der Waals surface area contributed by atoms with E-state index in [0.29, 0.717) is 0 Å². The van der Waals surface area contributed by atoms with E-state index in [1.165, 1.54) is 0 Å². The van der Waals surface area contributed by atoms with E-state index in [1.54, 1.807) is 0 Å². The van der Waals surface area contributed by atoms with Gasteiger partial charge >= 0.3 is 34.4 Å². The number of hydrogen-bond acceptors (Lipinski definition) is 4. The molecule has 0 heterocycles. The fraction of sp³-hybridized carbons (Fsp3) is 0. The maximum absolute atomic E-state index is 8.74. The van der Waals surface area contributed by atoms with Crippen molar-refractivity contribution in [3.8, 4) is 0 Å². The second-order valence-corrected chi connectivity index (χ2v) is 1.59. The molecule has 8 heteroatoms. The zero-order valence-corrected chi connectivity index (χ0v) is 5.07. The van der Waals surface area contributed by atoms with Gasteiger partial charge in [0.1, 0.15) is 0 Å². The Hall–Kier alpha value is 0.309. The molecular weight excluding hydrogens is 192 g/mol. The summed E-state index contributed by atoms with van der Waals surface area (Å²) in [4.78, 5) is 0. The standard InChI is InChI=1S/Cu.H2O4S.2H2O/c;1-5(2,3)4;;/h;(H2,1,2,3,4);2*1H2/q+2;;;/p-2. The maximum atomic E-state index is 8.74. The van der Waals surface area contributed by atoms with E-state index in [1.807, 2.05) is 0 Å². The first-order chi connectivity index (χ1) is 3.41. The molecule has 0 radical (unpaired) electrons. The van der Waals surface area contributed by atoms with Crippen molar-refractivity contribution in [1.82, 2.24) is 0 Å². The quantitative estimate of drug-likeness (QED) is 0.269. The fourth-order valence-corrected chi connectivity index (χ4v) is 0. The monoisotopic (exact) mass is 195 g/mol. The van der Waals surface area contributed by atoms with E-state index in [2.05, 4.69) is 0 Å². The Bertz CT molecular complexity index is 102. The van der Waals surface area contributed by atoms with Gasteiger partial charge < -0.3 is 0 Å². The molecule has 6 nitrogen and oxygen atoms in total. The van der Waals surface area contributed by atoms with Crippen LogP contribution in [0.1, 0.15) is 0 Å². The molecule has 0 aromatic carbocycles. The van der Waals surface area contributed by atoms with Crippen molar-refractivity contribution >= 4 is 10.4 Å². The van der Waals surface area contributed by atoms with Gasteiger partial charge in [-0.1, -0.05) is 0 Å². The molecule has 0 saturated carbocycles. The summed E-state index contributed by atoms with van der Waals surface area (Å²) in [5, 5.41) is 0. The predicted octanol–water partition coefficient (Wildman–Crippen LogP) is -1.77. The van der Waals surface area contributed by atoms with Crippen LogP contribution in [0.25, 0.3) is 0 Å². The molecule has 0 aromatic rings. The van der Waals surface area contributed by atoms with Gasteiger partial charge in [0.2, 0.25) is 0 Å². The van der Waals surface area contributed by atoms with E-state index in [4.69, 9.17) is 25.9 Å². The SMILES string of the molecule is O=S(=O)(O)O.[OH][Cu][OH]. The summed E-state index contributed by atoms with van der Waals surface area (Å²) < 4.78 is 45.6. The number of hydrogen-bond donors (Lipinski definition) is 4. The van der Waals surface area contributed by atoms with Crippen LogP contribution < -0.4 is 0 Å². The van der Waals surface area contributed by atoms with Crippen LogP contribution >= 0.6 is 0 Å². The molecular formula is H4CuO6S. The second-order valence-electron chi connectivity index (χ2n) is 0.508. The van der Waals surface area contributed by atoms with E-state index in [9.17, 15) is 0 Å². The van der Waals surface area contributed by atoms with Crippen molar-refractivity contribution in [2.75, 3.05) is 0 Å². The molecule has 0 aromatic heterocycles. The molecule has 0 bridgehead atoms. The number of rotatable bonds is 0. The van der Waals surface area contributed by atoms with Crippen LogP contribution in [0, 0.1) is 0 Å². The van der Waals surface area contributed by atoms with Crippen LogP contribution in [0.3, 0.4) is 0 Å². The Morgan fingerprint density at radius 1 is 1.12 bits per heavy atom. The zero-order valence-electron chi connectivity index (χ0n) is 3.32. The topological polar surface area (TPSA) is 115 Å². The van der Waals surface area contributed by atoms with Crippen molar-refractivity contribution < 1.29 is 41.5 Å². The first-order valence-corrected chi connectivity index (χ1v) is 3.21. The normalized spacial score (nSPS) is 10.0. The average Bonchev–Trinajstić information content (AvgIpc) is 1.27.